The third kappa shape index (κ3) is 3.02. The van der Waals surface area contributed by atoms with E-state index >= 15 is 0 Å². The summed E-state index contributed by atoms with van der Waals surface area (Å²) in [5.41, 5.74) is 0.172. The minimum atomic E-state index is -1.09. The number of hydrogen-bond donors (Lipinski definition) is 2. The molecule has 1 amide bonds. The number of carbonyl (C=O) groups excluding carboxylic acids is 1. The van der Waals surface area contributed by atoms with Crippen molar-refractivity contribution in [2.45, 2.75) is 13.0 Å². The van der Waals surface area contributed by atoms with Crippen molar-refractivity contribution in [3.63, 3.8) is 0 Å². The van der Waals surface area contributed by atoms with E-state index < -0.39 is 17.9 Å². The van der Waals surface area contributed by atoms with Crippen LogP contribution in [-0.2, 0) is 4.79 Å². The average Bonchev–Trinajstić information content (AvgIpc) is 2.18. The van der Waals surface area contributed by atoms with Crippen molar-refractivity contribution < 1.29 is 14.7 Å². The van der Waals surface area contributed by atoms with Crippen LogP contribution in [0.1, 0.15) is 17.4 Å². The zero-order valence-electron chi connectivity index (χ0n) is 7.90. The maximum absolute atomic E-state index is 11.5. The zero-order valence-corrected chi connectivity index (χ0v) is 9.48. The van der Waals surface area contributed by atoms with Gasteiger partial charge >= 0.3 is 5.97 Å². The number of carbonyl (C=O) groups is 2. The van der Waals surface area contributed by atoms with E-state index in [1.165, 1.54) is 13.1 Å². The molecule has 0 saturated carbocycles. The summed E-state index contributed by atoms with van der Waals surface area (Å²) in [6.07, 6.45) is 1.46. The highest BCUT2D eigenvalue weighted by Gasteiger charge is 2.17. The molecule has 15 heavy (non-hydrogen) atoms. The molecule has 1 aromatic heterocycles. The molecule has 0 aliphatic rings. The summed E-state index contributed by atoms with van der Waals surface area (Å²) in [6.45, 7) is 1.39. The summed E-state index contributed by atoms with van der Waals surface area (Å²) in [5, 5.41) is 10.9. The minimum Gasteiger partial charge on any atom is -0.480 e. The van der Waals surface area contributed by atoms with E-state index in [4.69, 9.17) is 5.11 Å². The normalized spacial score (nSPS) is 11.9. The molecule has 2 N–H and O–H groups in total. The van der Waals surface area contributed by atoms with Gasteiger partial charge in [0.05, 0.1) is 0 Å². The van der Waals surface area contributed by atoms with Crippen molar-refractivity contribution >= 4 is 27.8 Å². The lowest BCUT2D eigenvalue weighted by Crippen LogP contribution is -2.38. The Hall–Kier alpha value is -1.43. The fourth-order valence-electron chi connectivity index (χ4n) is 0.880. The lowest BCUT2D eigenvalue weighted by molar-refractivity contribution is -0.138. The number of aliphatic carboxylic acids is 1. The number of hydrogen-bond acceptors (Lipinski definition) is 3. The molecule has 0 bridgehead atoms. The molecule has 0 aliphatic carbocycles. The standard InChI is InChI=1S/C9H9BrN2O3/c1-5(9(14)15)12-8(13)7-6(10)3-2-4-11-7/h2-5H,1H3,(H,12,13)(H,14,15)/t5-/m0/s1. The van der Waals surface area contributed by atoms with Crippen LogP contribution >= 0.6 is 15.9 Å². The summed E-state index contributed by atoms with van der Waals surface area (Å²) < 4.78 is 0.528. The molecule has 80 valence electrons. The molecule has 0 aromatic carbocycles. The summed E-state index contributed by atoms with van der Waals surface area (Å²) in [4.78, 5) is 25.9. The summed E-state index contributed by atoms with van der Waals surface area (Å²) in [7, 11) is 0. The molecule has 1 atom stereocenters. The lowest BCUT2D eigenvalue weighted by Gasteiger charge is -2.09. The zero-order chi connectivity index (χ0) is 11.4. The molecule has 0 unspecified atom stereocenters. The lowest BCUT2D eigenvalue weighted by atomic mass is 10.3. The summed E-state index contributed by atoms with van der Waals surface area (Å²) in [6, 6.07) is 2.39. The number of nitrogens with zero attached hydrogens (tertiary/aromatic N) is 1. The van der Waals surface area contributed by atoms with Crippen molar-refractivity contribution in [3.05, 3.63) is 28.5 Å². The van der Waals surface area contributed by atoms with Gasteiger partial charge in [0.25, 0.3) is 5.91 Å². The largest absolute Gasteiger partial charge is 0.480 e. The third-order valence-electron chi connectivity index (χ3n) is 1.69. The van der Waals surface area contributed by atoms with Crippen molar-refractivity contribution in [2.24, 2.45) is 0 Å². The third-order valence-corrected chi connectivity index (χ3v) is 2.33. The van der Waals surface area contributed by atoms with Gasteiger partial charge in [-0.3, -0.25) is 9.59 Å². The summed E-state index contributed by atoms with van der Waals surface area (Å²) >= 11 is 3.15. The Labute approximate surface area is 94.6 Å². The van der Waals surface area contributed by atoms with Crippen LogP contribution < -0.4 is 5.32 Å². The monoisotopic (exact) mass is 272 g/mol. The van der Waals surface area contributed by atoms with Crippen LogP contribution in [0.2, 0.25) is 0 Å². The molecule has 0 radical (unpaired) electrons. The molecule has 0 aliphatic heterocycles. The second-order valence-electron chi connectivity index (χ2n) is 2.87. The Morgan fingerprint density at radius 1 is 1.60 bits per heavy atom. The second-order valence-corrected chi connectivity index (χ2v) is 3.72. The van der Waals surface area contributed by atoms with Crippen LogP contribution in [0, 0.1) is 0 Å². The fraction of sp³-hybridized carbons (Fsp3) is 0.222. The first-order valence-electron chi connectivity index (χ1n) is 4.16. The molecule has 0 saturated heterocycles. The average molecular weight is 273 g/mol. The summed E-state index contributed by atoms with van der Waals surface area (Å²) in [5.74, 6) is -1.60. The number of nitrogens with one attached hydrogen (secondary N) is 1. The highest BCUT2D eigenvalue weighted by molar-refractivity contribution is 9.10. The van der Waals surface area contributed by atoms with E-state index in [-0.39, 0.29) is 5.69 Å². The van der Waals surface area contributed by atoms with Gasteiger partial charge in [-0.05, 0) is 35.0 Å². The van der Waals surface area contributed by atoms with Gasteiger partial charge in [-0.15, -0.1) is 0 Å². The van der Waals surface area contributed by atoms with Crippen LogP contribution in [0.5, 0.6) is 0 Å². The molecule has 1 rings (SSSR count). The van der Waals surface area contributed by atoms with Crippen molar-refractivity contribution in [1.82, 2.24) is 10.3 Å². The molecular formula is C9H9BrN2O3. The number of halogens is 1. The van der Waals surface area contributed by atoms with E-state index in [9.17, 15) is 9.59 Å². The number of carboxylic acid groups (broad SMARTS) is 1. The van der Waals surface area contributed by atoms with Crippen LogP contribution in [0.25, 0.3) is 0 Å². The van der Waals surface area contributed by atoms with Crippen molar-refractivity contribution in [2.75, 3.05) is 0 Å². The van der Waals surface area contributed by atoms with Gasteiger partial charge < -0.3 is 10.4 Å². The van der Waals surface area contributed by atoms with Gasteiger partial charge in [-0.25, -0.2) is 4.98 Å². The van der Waals surface area contributed by atoms with E-state index in [2.05, 4.69) is 26.2 Å². The number of rotatable bonds is 3. The number of aromatic nitrogens is 1. The van der Waals surface area contributed by atoms with Crippen LogP contribution in [-0.4, -0.2) is 28.0 Å². The molecule has 0 spiro atoms. The molecular weight excluding hydrogens is 264 g/mol. The molecule has 0 fully saturated rings. The van der Waals surface area contributed by atoms with Gasteiger partial charge in [0.1, 0.15) is 11.7 Å². The first kappa shape index (κ1) is 11.6. The predicted octanol–water partition coefficient (Wildman–Crippen LogP) is 1.05. The van der Waals surface area contributed by atoms with Gasteiger partial charge in [0.2, 0.25) is 0 Å². The first-order valence-corrected chi connectivity index (χ1v) is 4.96. The maximum atomic E-state index is 11.5. The quantitative estimate of drug-likeness (QED) is 0.862. The van der Waals surface area contributed by atoms with E-state index in [0.29, 0.717) is 4.47 Å². The highest BCUT2D eigenvalue weighted by atomic mass is 79.9. The highest BCUT2D eigenvalue weighted by Crippen LogP contribution is 2.12. The smallest absolute Gasteiger partial charge is 0.325 e. The minimum absolute atomic E-state index is 0.172. The van der Waals surface area contributed by atoms with Gasteiger partial charge in [0.15, 0.2) is 0 Å². The second kappa shape index (κ2) is 4.88. The maximum Gasteiger partial charge on any atom is 0.325 e. The van der Waals surface area contributed by atoms with E-state index in [1.54, 1.807) is 12.1 Å². The number of pyridine rings is 1. The van der Waals surface area contributed by atoms with Crippen LogP contribution in [0.3, 0.4) is 0 Å². The Morgan fingerprint density at radius 3 is 2.80 bits per heavy atom. The SMILES string of the molecule is C[C@H](NC(=O)c1ncccc1Br)C(=O)O. The Balaban J connectivity index is 2.78. The van der Waals surface area contributed by atoms with Gasteiger partial charge in [-0.2, -0.15) is 0 Å². The fourth-order valence-corrected chi connectivity index (χ4v) is 1.31. The Morgan fingerprint density at radius 2 is 2.27 bits per heavy atom. The number of carboxylic acids is 1. The van der Waals surface area contributed by atoms with E-state index in [0.717, 1.165) is 0 Å². The van der Waals surface area contributed by atoms with E-state index in [1.807, 2.05) is 0 Å². The number of amides is 1. The topological polar surface area (TPSA) is 79.3 Å². The van der Waals surface area contributed by atoms with Gasteiger partial charge in [0, 0.05) is 10.7 Å². The van der Waals surface area contributed by atoms with Crippen molar-refractivity contribution in [3.8, 4) is 0 Å². The Bertz CT molecular complexity index is 395. The van der Waals surface area contributed by atoms with Crippen LogP contribution in [0.15, 0.2) is 22.8 Å². The van der Waals surface area contributed by atoms with Crippen LogP contribution in [0.4, 0.5) is 0 Å². The first-order chi connectivity index (χ1) is 7.02. The Kier molecular flexibility index (Phi) is 3.79. The molecule has 1 aromatic rings. The predicted molar refractivity (Wildman–Crippen MR) is 56.5 cm³/mol. The van der Waals surface area contributed by atoms with Crippen molar-refractivity contribution in [1.29, 1.82) is 0 Å². The molecule has 1 heterocycles. The molecule has 6 heteroatoms. The van der Waals surface area contributed by atoms with Gasteiger partial charge in [-0.1, -0.05) is 0 Å². The molecule has 5 nitrogen and oxygen atoms in total.